The molecule has 26 heteroatoms. The summed E-state index contributed by atoms with van der Waals surface area (Å²) in [5.74, 6) is 7.98. The normalized spacial score (nSPS) is 17.7. The van der Waals surface area contributed by atoms with Crippen molar-refractivity contribution in [2.45, 2.75) is 163 Å². The number of hydrogen-bond donors (Lipinski definition) is 0. The molecule has 13 heterocycles. The molecule has 0 unspecified atom stereocenters. The van der Waals surface area contributed by atoms with Crippen LogP contribution in [-0.2, 0) is 55.9 Å². The number of anilines is 3. The molecular weight excluding hydrogens is 1270 g/mol. The third kappa shape index (κ3) is 16.2. The minimum absolute atomic E-state index is 0. The van der Waals surface area contributed by atoms with Gasteiger partial charge in [0.2, 0.25) is 17.8 Å². The molecule has 0 radical (unpaired) electrons. The summed E-state index contributed by atoms with van der Waals surface area (Å²) >= 11 is 3.01. The quantitative estimate of drug-likeness (QED) is 0.0637. The molecule has 4 saturated heterocycles. The van der Waals surface area contributed by atoms with E-state index in [0.29, 0.717) is 71.7 Å². The predicted molar refractivity (Wildman–Crippen MR) is 336 cm³/mol. The molecule has 0 aliphatic carbocycles. The van der Waals surface area contributed by atoms with Crippen molar-refractivity contribution in [2.75, 3.05) is 107 Å². The van der Waals surface area contributed by atoms with Crippen LogP contribution in [0.2, 0.25) is 0 Å². The van der Waals surface area contributed by atoms with Gasteiger partial charge in [-0.2, -0.15) is 5.26 Å². The molecule has 464 valence electrons. The van der Waals surface area contributed by atoms with Crippen LogP contribution < -0.4 is 31.4 Å². The molecule has 85 heavy (non-hydrogen) atoms. The summed E-state index contributed by atoms with van der Waals surface area (Å²) in [5, 5.41) is 21.9. The van der Waals surface area contributed by atoms with Gasteiger partial charge in [0.25, 0.3) is 16.7 Å². The van der Waals surface area contributed by atoms with E-state index in [1.807, 2.05) is 25.1 Å². The molecule has 0 spiro atoms. The van der Waals surface area contributed by atoms with Gasteiger partial charge in [-0.1, -0.05) is 41.5 Å². The van der Waals surface area contributed by atoms with Crippen molar-refractivity contribution in [1.29, 1.82) is 5.26 Å². The van der Waals surface area contributed by atoms with E-state index in [4.69, 9.17) is 59.2 Å². The molecule has 0 aromatic carbocycles. The number of hydrogen-bond acceptors (Lipinski definition) is 17. The van der Waals surface area contributed by atoms with Crippen molar-refractivity contribution < 1.29 is 36.3 Å². The number of nitriles is 1. The van der Waals surface area contributed by atoms with Crippen molar-refractivity contribution in [2.24, 2.45) is 17.8 Å². The molecule has 7 aliphatic rings. The van der Waals surface area contributed by atoms with Crippen LogP contribution in [0.4, 0.5) is 17.8 Å². The molecule has 0 N–H and O–H groups in total. The maximum absolute atomic E-state index is 13.0. The van der Waals surface area contributed by atoms with E-state index in [0.717, 1.165) is 212 Å². The third-order valence-corrected chi connectivity index (χ3v) is 17.2. The molecular formula is C59H90ClIN16O7Zn. The van der Waals surface area contributed by atoms with Gasteiger partial charge >= 0.3 is 27.0 Å². The van der Waals surface area contributed by atoms with Crippen molar-refractivity contribution in [1.82, 2.24) is 57.5 Å². The molecule has 0 atom stereocenters. The van der Waals surface area contributed by atoms with E-state index in [9.17, 15) is 14.4 Å². The van der Waals surface area contributed by atoms with Crippen LogP contribution in [0.5, 0.6) is 0 Å². The Balaban J connectivity index is 0.000000168. The van der Waals surface area contributed by atoms with Gasteiger partial charge < -0.3 is 41.1 Å². The number of nitrogens with zero attached hydrogens (tertiary/aromatic N) is 16. The van der Waals surface area contributed by atoms with Gasteiger partial charge in [-0.25, -0.2) is 28.5 Å². The van der Waals surface area contributed by atoms with Crippen LogP contribution >= 0.6 is 32.3 Å². The monoisotopic (exact) mass is 1360 g/mol. The Morgan fingerprint density at radius 3 is 1.32 bits per heavy atom. The Hall–Kier alpha value is -4.58. The standard InChI is InChI=1S/C18H27N5O2.C17H24IN5O2.C17H25N5O2.C4H8O.C2H3N.CH3.ClH.Zn/c1-12(2)4-7-21-8-9-22-17(24)15-13(3)19-16(23(15)20-18(21)22)14-5-10-25-11-6-14;1-11(2)3-6-21-7-8-22-16(24)13-14(18)19-15(23(13)20-17(21)22)12-4-9-25-10-5-12;1-12(2)3-6-20-7-8-21-16(23)14-11-18-15(22(14)19-17(20)21)13-4-9-24-10-5-13;1-2-4-5-3-1;1-2-3;;;/h12,14H,4-11H2,1-3H3;11-12H,3-10H2,1-2H3;11-13H,3-10H2,1-2H3;1-4H2;1H3;1H3;1H;/q;;;;;-1;;+2/p-1. The second-order valence-corrected chi connectivity index (χ2v) is 24.8. The van der Waals surface area contributed by atoms with Crippen molar-refractivity contribution in [3.63, 3.8) is 0 Å². The second kappa shape index (κ2) is 32.6. The molecule has 4 fully saturated rings. The van der Waals surface area contributed by atoms with E-state index in [1.54, 1.807) is 21.3 Å². The Kier molecular flexibility index (Phi) is 26.0. The van der Waals surface area contributed by atoms with Crippen LogP contribution in [0.1, 0.15) is 160 Å². The summed E-state index contributed by atoms with van der Waals surface area (Å²) in [4.78, 5) is 59.6. The number of halogens is 2. The Morgan fingerprint density at radius 2 is 0.918 bits per heavy atom. The SMILES string of the molecule is C1CCOC1.CC#N.CC(C)CCN1CCn2c1nn1c(C3CCOCC3)nc(I)c1c2=O.CC(C)CCN1CCn2c1nn1c(C3CCOCC3)ncc1c2=O.Cc1nc(C2CCOCC2)n2nc3n(c(=O)c12)CCN3CCC(C)C.[CH3-].[Cl][Zn+]. The summed E-state index contributed by atoms with van der Waals surface area (Å²) in [6, 6.07) is 1.75. The molecule has 13 rings (SSSR count). The molecule has 6 aromatic heterocycles. The summed E-state index contributed by atoms with van der Waals surface area (Å²) in [7, 11) is 4.76. The maximum atomic E-state index is 13.0. The molecule has 0 saturated carbocycles. The summed E-state index contributed by atoms with van der Waals surface area (Å²) < 4.78 is 33.0. The zero-order chi connectivity index (χ0) is 60.0. The van der Waals surface area contributed by atoms with Gasteiger partial charge in [0, 0.05) is 136 Å². The molecule has 7 aliphatic heterocycles. The fourth-order valence-corrected chi connectivity index (χ4v) is 12.3. The summed E-state index contributed by atoms with van der Waals surface area (Å²) in [6.45, 7) is 30.7. The van der Waals surface area contributed by atoms with Gasteiger partial charge in [-0.3, -0.25) is 28.1 Å². The first kappa shape index (κ1) is 67.9. The first-order valence-electron chi connectivity index (χ1n) is 30.5. The summed E-state index contributed by atoms with van der Waals surface area (Å²) in [6.07, 6.45) is 13.2. The van der Waals surface area contributed by atoms with Crippen molar-refractivity contribution in [3.8, 4) is 6.07 Å². The number of aryl methyl sites for hydroxylation is 1. The van der Waals surface area contributed by atoms with Gasteiger partial charge in [-0.15, -0.1) is 15.3 Å². The number of rotatable bonds is 12. The van der Waals surface area contributed by atoms with E-state index in [-0.39, 0.29) is 24.1 Å². The molecule has 23 nitrogen and oxygen atoms in total. The van der Waals surface area contributed by atoms with Crippen LogP contribution in [0.25, 0.3) is 16.6 Å². The van der Waals surface area contributed by atoms with Gasteiger partial charge in [0.15, 0.2) is 16.6 Å². The molecule has 0 bridgehead atoms. The van der Waals surface area contributed by atoms with Crippen molar-refractivity contribution >= 4 is 66.7 Å². The second-order valence-electron chi connectivity index (χ2n) is 23.7. The third-order valence-electron chi connectivity index (χ3n) is 16.5. The Labute approximate surface area is 527 Å². The predicted octanol–water partition coefficient (Wildman–Crippen LogP) is 8.33. The fourth-order valence-electron chi connectivity index (χ4n) is 11.6. The molecule has 6 aromatic rings. The number of fused-ring (bicyclic) bond motifs is 6. The summed E-state index contributed by atoms with van der Waals surface area (Å²) in [5.41, 5.74) is 2.74. The number of aromatic nitrogens is 12. The van der Waals surface area contributed by atoms with Crippen molar-refractivity contribution in [3.05, 3.63) is 71.6 Å². The van der Waals surface area contributed by atoms with Crippen LogP contribution in [-0.4, -0.2) is 150 Å². The Morgan fingerprint density at radius 1 is 0.565 bits per heavy atom. The average molecular weight is 1360 g/mol. The van der Waals surface area contributed by atoms with Crippen LogP contribution in [0, 0.1) is 47.1 Å². The number of imidazole rings is 3. The Bertz CT molecular complexity index is 3180. The van der Waals surface area contributed by atoms with E-state index in [1.165, 1.54) is 19.8 Å². The first-order valence-corrected chi connectivity index (χ1v) is 35.5. The van der Waals surface area contributed by atoms with E-state index >= 15 is 0 Å². The zero-order valence-electron chi connectivity index (χ0n) is 51.8. The minimum atomic E-state index is 0. The van der Waals surface area contributed by atoms with Gasteiger partial charge in [0.1, 0.15) is 21.2 Å². The van der Waals surface area contributed by atoms with E-state index < -0.39 is 0 Å². The first-order chi connectivity index (χ1) is 40.7. The topological polar surface area (TPSA) is 227 Å². The van der Waals surface area contributed by atoms with E-state index in [2.05, 4.69) is 83.8 Å². The molecule has 0 amide bonds. The fraction of sp³-hybridized carbons (Fsp3) is 0.712. The number of ether oxygens (including phenoxy) is 4. The average Bonchev–Trinajstić information content (AvgIpc) is 1.75. The zero-order valence-corrected chi connectivity index (χ0v) is 57.7. The van der Waals surface area contributed by atoms with Gasteiger partial charge in [0.05, 0.1) is 18.0 Å². The van der Waals surface area contributed by atoms with Gasteiger partial charge in [-0.05, 0) is 118 Å². The van der Waals surface area contributed by atoms with Crippen LogP contribution in [0.3, 0.4) is 0 Å². The van der Waals surface area contributed by atoms with Crippen LogP contribution in [0.15, 0.2) is 20.6 Å².